The van der Waals surface area contributed by atoms with E-state index in [2.05, 4.69) is 10.6 Å². The maximum Gasteiger partial charge on any atom is 0.253 e. The predicted octanol–water partition coefficient (Wildman–Crippen LogP) is -1.02. The number of amides is 4. The Morgan fingerprint density at radius 3 is 2.08 bits per heavy atom. The van der Waals surface area contributed by atoms with Gasteiger partial charge in [-0.25, -0.2) is 0 Å². The van der Waals surface area contributed by atoms with Crippen LogP contribution in [0.5, 0.6) is 0 Å². The lowest BCUT2D eigenvalue weighted by Crippen LogP contribution is -2.32. The van der Waals surface area contributed by atoms with Gasteiger partial charge in [0.15, 0.2) is 0 Å². The van der Waals surface area contributed by atoms with Gasteiger partial charge in [0.25, 0.3) is 11.8 Å². The van der Waals surface area contributed by atoms with Crippen LogP contribution < -0.4 is 10.6 Å². The van der Waals surface area contributed by atoms with Crippen LogP contribution in [0.4, 0.5) is 0 Å². The van der Waals surface area contributed by atoms with Crippen molar-refractivity contribution in [2.75, 3.05) is 46.1 Å². The molecule has 0 atom stereocenters. The van der Waals surface area contributed by atoms with Gasteiger partial charge in [-0.05, 0) is 6.42 Å². The summed E-state index contributed by atoms with van der Waals surface area (Å²) in [6.07, 6.45) is 3.11. The highest BCUT2D eigenvalue weighted by Crippen LogP contribution is 2.05. The second-order valence-corrected chi connectivity index (χ2v) is 5.32. The second kappa shape index (κ2) is 12.2. The first-order chi connectivity index (χ1) is 12.0. The number of hydrogen-bond acceptors (Lipinski definition) is 6. The molecule has 9 heteroatoms. The fourth-order valence-corrected chi connectivity index (χ4v) is 2.02. The van der Waals surface area contributed by atoms with Crippen LogP contribution in [0.2, 0.25) is 0 Å². The summed E-state index contributed by atoms with van der Waals surface area (Å²) in [6, 6.07) is 0. The standard InChI is InChI=1S/C16H25N3O6/c1-13(20)17-6-9-24-11-12-25-10-7-18-14(21)3-2-8-19-15(22)4-5-16(19)23/h4-5H,2-3,6-12H2,1H3,(H,17,20)(H,18,21). The topological polar surface area (TPSA) is 114 Å². The van der Waals surface area contributed by atoms with Crippen LogP contribution in [0.1, 0.15) is 19.8 Å². The Kier molecular flexibility index (Phi) is 10.1. The molecule has 1 aliphatic heterocycles. The zero-order chi connectivity index (χ0) is 18.5. The third-order valence-electron chi connectivity index (χ3n) is 3.25. The molecule has 0 aromatic carbocycles. The maximum absolute atomic E-state index is 11.6. The van der Waals surface area contributed by atoms with E-state index in [9.17, 15) is 19.2 Å². The minimum absolute atomic E-state index is 0.0918. The Morgan fingerprint density at radius 1 is 0.960 bits per heavy atom. The SMILES string of the molecule is CC(=O)NCCOCCOCCNC(=O)CCCN1C(=O)C=CC1=O. The van der Waals surface area contributed by atoms with Gasteiger partial charge in [-0.2, -0.15) is 0 Å². The molecule has 0 aliphatic carbocycles. The molecular formula is C16H25N3O6. The van der Waals surface area contributed by atoms with Gasteiger partial charge in [0.2, 0.25) is 11.8 Å². The van der Waals surface area contributed by atoms with Crippen molar-refractivity contribution in [3.05, 3.63) is 12.2 Å². The van der Waals surface area contributed by atoms with Gasteiger partial charge in [0.1, 0.15) is 0 Å². The van der Waals surface area contributed by atoms with E-state index in [1.54, 1.807) is 0 Å². The Bertz CT molecular complexity index is 488. The molecule has 1 rings (SSSR count). The molecule has 25 heavy (non-hydrogen) atoms. The van der Waals surface area contributed by atoms with Crippen molar-refractivity contribution in [3.63, 3.8) is 0 Å². The van der Waals surface area contributed by atoms with Gasteiger partial charge in [-0.1, -0.05) is 0 Å². The largest absolute Gasteiger partial charge is 0.377 e. The first-order valence-corrected chi connectivity index (χ1v) is 8.21. The minimum atomic E-state index is -0.335. The molecule has 0 spiro atoms. The average Bonchev–Trinajstić information content (AvgIpc) is 2.88. The molecule has 0 aromatic rings. The molecule has 0 radical (unpaired) electrons. The number of nitrogens with one attached hydrogen (secondary N) is 2. The summed E-state index contributed by atoms with van der Waals surface area (Å²) in [7, 11) is 0. The number of imide groups is 1. The molecule has 4 amide bonds. The summed E-state index contributed by atoms with van der Waals surface area (Å²) in [4.78, 5) is 46.0. The molecule has 0 fully saturated rings. The van der Waals surface area contributed by atoms with Gasteiger partial charge in [0, 0.05) is 45.1 Å². The van der Waals surface area contributed by atoms with Crippen LogP contribution >= 0.6 is 0 Å². The normalized spacial score (nSPS) is 13.4. The van der Waals surface area contributed by atoms with Crippen molar-refractivity contribution in [2.24, 2.45) is 0 Å². The number of carbonyl (C=O) groups excluding carboxylic acids is 4. The lowest BCUT2D eigenvalue weighted by Gasteiger charge is -2.13. The Hall–Kier alpha value is -2.26. The molecule has 0 aromatic heterocycles. The minimum Gasteiger partial charge on any atom is -0.377 e. The highest BCUT2D eigenvalue weighted by molar-refractivity contribution is 6.12. The van der Waals surface area contributed by atoms with E-state index in [4.69, 9.17) is 9.47 Å². The molecule has 9 nitrogen and oxygen atoms in total. The maximum atomic E-state index is 11.6. The number of rotatable bonds is 13. The molecule has 0 saturated carbocycles. The number of hydrogen-bond donors (Lipinski definition) is 2. The monoisotopic (exact) mass is 355 g/mol. The molecule has 2 N–H and O–H groups in total. The van der Waals surface area contributed by atoms with Crippen molar-refractivity contribution in [3.8, 4) is 0 Å². The Morgan fingerprint density at radius 2 is 1.52 bits per heavy atom. The molecular weight excluding hydrogens is 330 g/mol. The Labute approximate surface area is 146 Å². The first kappa shape index (κ1) is 20.8. The van der Waals surface area contributed by atoms with Gasteiger partial charge in [-0.3, -0.25) is 24.1 Å². The van der Waals surface area contributed by atoms with E-state index in [0.717, 1.165) is 4.90 Å². The van der Waals surface area contributed by atoms with E-state index >= 15 is 0 Å². The summed E-state index contributed by atoms with van der Waals surface area (Å²) in [5.41, 5.74) is 0. The molecule has 0 bridgehead atoms. The van der Waals surface area contributed by atoms with Gasteiger partial charge in [-0.15, -0.1) is 0 Å². The fourth-order valence-electron chi connectivity index (χ4n) is 2.02. The van der Waals surface area contributed by atoms with Crippen LogP contribution in [-0.2, 0) is 28.7 Å². The zero-order valence-electron chi connectivity index (χ0n) is 14.4. The van der Waals surface area contributed by atoms with E-state index in [-0.39, 0.29) is 36.6 Å². The zero-order valence-corrected chi connectivity index (χ0v) is 14.4. The van der Waals surface area contributed by atoms with Crippen LogP contribution in [0, 0.1) is 0 Å². The van der Waals surface area contributed by atoms with E-state index in [1.165, 1.54) is 19.1 Å². The van der Waals surface area contributed by atoms with Gasteiger partial charge in [0.05, 0.1) is 26.4 Å². The van der Waals surface area contributed by atoms with Crippen molar-refractivity contribution >= 4 is 23.6 Å². The van der Waals surface area contributed by atoms with Crippen LogP contribution in [0.25, 0.3) is 0 Å². The fraction of sp³-hybridized carbons (Fsp3) is 0.625. The quantitative estimate of drug-likeness (QED) is 0.323. The molecule has 0 unspecified atom stereocenters. The van der Waals surface area contributed by atoms with E-state index in [0.29, 0.717) is 45.9 Å². The van der Waals surface area contributed by atoms with Gasteiger partial charge >= 0.3 is 0 Å². The average molecular weight is 355 g/mol. The molecule has 1 heterocycles. The molecule has 1 aliphatic rings. The summed E-state index contributed by atoms with van der Waals surface area (Å²) >= 11 is 0. The van der Waals surface area contributed by atoms with Crippen molar-refractivity contribution < 1.29 is 28.7 Å². The van der Waals surface area contributed by atoms with Crippen LogP contribution in [0.15, 0.2) is 12.2 Å². The number of ether oxygens (including phenoxy) is 2. The number of carbonyl (C=O) groups is 4. The second-order valence-electron chi connectivity index (χ2n) is 5.32. The van der Waals surface area contributed by atoms with Crippen LogP contribution in [-0.4, -0.2) is 74.6 Å². The smallest absolute Gasteiger partial charge is 0.253 e. The predicted molar refractivity (Wildman–Crippen MR) is 88.4 cm³/mol. The summed E-state index contributed by atoms with van der Waals surface area (Å²) < 4.78 is 10.5. The summed E-state index contributed by atoms with van der Waals surface area (Å²) in [5, 5.41) is 5.31. The summed E-state index contributed by atoms with van der Waals surface area (Å²) in [5.74, 6) is -0.913. The lowest BCUT2D eigenvalue weighted by molar-refractivity contribution is -0.137. The van der Waals surface area contributed by atoms with E-state index in [1.807, 2.05) is 0 Å². The van der Waals surface area contributed by atoms with Gasteiger partial charge < -0.3 is 20.1 Å². The number of nitrogens with zero attached hydrogens (tertiary/aromatic N) is 1. The molecule has 140 valence electrons. The van der Waals surface area contributed by atoms with Crippen molar-refractivity contribution in [2.45, 2.75) is 19.8 Å². The Balaban J connectivity index is 1.88. The highest BCUT2D eigenvalue weighted by atomic mass is 16.5. The van der Waals surface area contributed by atoms with Crippen molar-refractivity contribution in [1.82, 2.24) is 15.5 Å². The lowest BCUT2D eigenvalue weighted by atomic mass is 10.3. The van der Waals surface area contributed by atoms with Crippen molar-refractivity contribution in [1.29, 1.82) is 0 Å². The first-order valence-electron chi connectivity index (χ1n) is 8.21. The van der Waals surface area contributed by atoms with Crippen LogP contribution in [0.3, 0.4) is 0 Å². The molecule has 0 saturated heterocycles. The third-order valence-corrected chi connectivity index (χ3v) is 3.25. The summed E-state index contributed by atoms with van der Waals surface area (Å²) in [6.45, 7) is 4.15. The highest BCUT2D eigenvalue weighted by Gasteiger charge is 2.22. The third kappa shape index (κ3) is 9.58. The van der Waals surface area contributed by atoms with E-state index < -0.39 is 0 Å².